The molecule has 0 saturated heterocycles. The van der Waals surface area contributed by atoms with Crippen LogP contribution in [0.4, 0.5) is 0 Å². The van der Waals surface area contributed by atoms with Crippen LogP contribution in [0.3, 0.4) is 0 Å². The van der Waals surface area contributed by atoms with Crippen molar-refractivity contribution in [3.05, 3.63) is 29.3 Å². The van der Waals surface area contributed by atoms with Crippen LogP contribution in [0.2, 0.25) is 5.02 Å². The van der Waals surface area contributed by atoms with E-state index in [9.17, 15) is 4.79 Å². The number of carbonyl (C=O) groups excluding carboxylic acids is 1. The maximum absolute atomic E-state index is 11.7. The van der Waals surface area contributed by atoms with Gasteiger partial charge in [0.1, 0.15) is 5.75 Å². The van der Waals surface area contributed by atoms with E-state index in [1.54, 1.807) is 19.2 Å². The molecule has 1 atom stereocenters. The van der Waals surface area contributed by atoms with Gasteiger partial charge in [-0.05, 0) is 18.6 Å². The predicted molar refractivity (Wildman–Crippen MR) is 77.1 cm³/mol. The van der Waals surface area contributed by atoms with Gasteiger partial charge < -0.3 is 19.9 Å². The molecule has 0 radical (unpaired) electrons. The highest BCUT2D eigenvalue weighted by Gasteiger charge is 2.11. The van der Waals surface area contributed by atoms with E-state index in [0.717, 1.165) is 0 Å². The van der Waals surface area contributed by atoms with Crippen LogP contribution < -0.4 is 10.1 Å². The third-order valence-electron chi connectivity index (χ3n) is 2.63. The monoisotopic (exact) mass is 301 g/mol. The molecule has 0 aromatic heterocycles. The van der Waals surface area contributed by atoms with Crippen molar-refractivity contribution in [1.82, 2.24) is 5.32 Å². The van der Waals surface area contributed by atoms with Gasteiger partial charge in [-0.1, -0.05) is 23.7 Å². The number of aliphatic hydroxyl groups excluding tert-OH is 1. The summed E-state index contributed by atoms with van der Waals surface area (Å²) in [7, 11) is 1.55. The van der Waals surface area contributed by atoms with Crippen molar-refractivity contribution in [3.63, 3.8) is 0 Å². The van der Waals surface area contributed by atoms with Crippen LogP contribution in [0.5, 0.6) is 5.75 Å². The Kier molecular flexibility index (Phi) is 8.02. The topological polar surface area (TPSA) is 67.8 Å². The SMILES string of the molecule is COCC(CCO)NC(=O)CCOc1ccccc1Cl. The number of amides is 1. The Morgan fingerprint density at radius 3 is 2.85 bits per heavy atom. The number of benzene rings is 1. The normalized spacial score (nSPS) is 11.9. The van der Waals surface area contributed by atoms with Gasteiger partial charge in [-0.2, -0.15) is 0 Å². The van der Waals surface area contributed by atoms with Gasteiger partial charge in [0.05, 0.1) is 30.7 Å². The Labute approximate surface area is 123 Å². The minimum Gasteiger partial charge on any atom is -0.491 e. The van der Waals surface area contributed by atoms with Crippen molar-refractivity contribution in [3.8, 4) is 5.75 Å². The van der Waals surface area contributed by atoms with Crippen LogP contribution in [0.15, 0.2) is 24.3 Å². The average molecular weight is 302 g/mol. The molecule has 0 aliphatic carbocycles. The second-order valence-electron chi connectivity index (χ2n) is 4.26. The molecule has 6 heteroatoms. The van der Waals surface area contributed by atoms with Crippen LogP contribution in [-0.4, -0.2) is 44.0 Å². The summed E-state index contributed by atoms with van der Waals surface area (Å²) in [4.78, 5) is 11.7. The van der Waals surface area contributed by atoms with Crippen molar-refractivity contribution in [2.75, 3.05) is 26.9 Å². The van der Waals surface area contributed by atoms with Crippen molar-refractivity contribution < 1.29 is 19.4 Å². The molecule has 0 aliphatic rings. The van der Waals surface area contributed by atoms with Gasteiger partial charge in [0.25, 0.3) is 0 Å². The Hall–Kier alpha value is -1.30. The summed E-state index contributed by atoms with van der Waals surface area (Å²) in [6.07, 6.45) is 0.682. The van der Waals surface area contributed by atoms with Crippen LogP contribution in [0, 0.1) is 0 Å². The lowest BCUT2D eigenvalue weighted by atomic mass is 10.2. The fourth-order valence-corrected chi connectivity index (χ4v) is 1.86. The number of methoxy groups -OCH3 is 1. The minimum atomic E-state index is -0.183. The second kappa shape index (κ2) is 9.58. The first-order valence-electron chi connectivity index (χ1n) is 6.44. The van der Waals surface area contributed by atoms with E-state index in [0.29, 0.717) is 23.8 Å². The second-order valence-corrected chi connectivity index (χ2v) is 4.67. The molecule has 0 aliphatic heterocycles. The molecular weight excluding hydrogens is 282 g/mol. The summed E-state index contributed by atoms with van der Waals surface area (Å²) in [6, 6.07) is 6.92. The molecular formula is C14H20ClNO4. The molecule has 1 aromatic carbocycles. The van der Waals surface area contributed by atoms with Crippen LogP contribution in [0.1, 0.15) is 12.8 Å². The van der Waals surface area contributed by atoms with Crippen LogP contribution >= 0.6 is 11.6 Å². The molecule has 1 unspecified atom stereocenters. The van der Waals surface area contributed by atoms with Crippen molar-refractivity contribution in [1.29, 1.82) is 0 Å². The molecule has 112 valence electrons. The lowest BCUT2D eigenvalue weighted by Gasteiger charge is -2.17. The van der Waals surface area contributed by atoms with Crippen molar-refractivity contribution in [2.24, 2.45) is 0 Å². The van der Waals surface area contributed by atoms with E-state index in [1.165, 1.54) is 0 Å². The Morgan fingerprint density at radius 1 is 1.45 bits per heavy atom. The molecule has 5 nitrogen and oxygen atoms in total. The number of aliphatic hydroxyl groups is 1. The zero-order valence-electron chi connectivity index (χ0n) is 11.5. The fraction of sp³-hybridized carbons (Fsp3) is 0.500. The van der Waals surface area contributed by atoms with Gasteiger partial charge in [0, 0.05) is 13.7 Å². The number of rotatable bonds is 9. The van der Waals surface area contributed by atoms with E-state index < -0.39 is 0 Å². The molecule has 0 saturated carbocycles. The molecule has 1 rings (SSSR count). The van der Waals surface area contributed by atoms with E-state index >= 15 is 0 Å². The molecule has 0 spiro atoms. The minimum absolute atomic E-state index is 0.00439. The van der Waals surface area contributed by atoms with Gasteiger partial charge in [-0.25, -0.2) is 0 Å². The van der Waals surface area contributed by atoms with Gasteiger partial charge in [0.2, 0.25) is 5.91 Å². The van der Waals surface area contributed by atoms with E-state index in [2.05, 4.69) is 5.32 Å². The van der Waals surface area contributed by atoms with Gasteiger partial charge in [-0.3, -0.25) is 4.79 Å². The number of hydrogen-bond donors (Lipinski definition) is 2. The first-order chi connectivity index (χ1) is 9.67. The molecule has 20 heavy (non-hydrogen) atoms. The number of hydrogen-bond acceptors (Lipinski definition) is 4. The maximum Gasteiger partial charge on any atom is 0.223 e. The lowest BCUT2D eigenvalue weighted by Crippen LogP contribution is -2.39. The molecule has 1 aromatic rings. The van der Waals surface area contributed by atoms with E-state index in [4.69, 9.17) is 26.2 Å². The van der Waals surface area contributed by atoms with Crippen molar-refractivity contribution >= 4 is 17.5 Å². The zero-order chi connectivity index (χ0) is 14.8. The smallest absolute Gasteiger partial charge is 0.223 e. The fourth-order valence-electron chi connectivity index (χ4n) is 1.67. The summed E-state index contributed by atoms with van der Waals surface area (Å²) < 4.78 is 10.4. The molecule has 0 bridgehead atoms. The summed E-state index contributed by atoms with van der Waals surface area (Å²) in [6.45, 7) is 0.622. The third-order valence-corrected chi connectivity index (χ3v) is 2.95. The quantitative estimate of drug-likeness (QED) is 0.727. The first kappa shape index (κ1) is 16.8. The molecule has 2 N–H and O–H groups in total. The number of nitrogens with one attached hydrogen (secondary N) is 1. The number of para-hydroxylation sites is 1. The summed E-state index contributed by atoms with van der Waals surface area (Å²) in [5, 5.41) is 12.2. The molecule has 0 heterocycles. The van der Waals surface area contributed by atoms with Gasteiger partial charge in [0.15, 0.2) is 0 Å². The Bertz CT molecular complexity index is 408. The molecule has 0 fully saturated rings. The van der Waals surface area contributed by atoms with Crippen molar-refractivity contribution in [2.45, 2.75) is 18.9 Å². The summed E-state index contributed by atoms with van der Waals surface area (Å²) in [5.74, 6) is 0.415. The summed E-state index contributed by atoms with van der Waals surface area (Å²) in [5.41, 5.74) is 0. The maximum atomic E-state index is 11.7. The third kappa shape index (κ3) is 6.23. The van der Waals surface area contributed by atoms with Gasteiger partial charge >= 0.3 is 0 Å². The highest BCUT2D eigenvalue weighted by Crippen LogP contribution is 2.22. The van der Waals surface area contributed by atoms with Crippen LogP contribution in [-0.2, 0) is 9.53 Å². The predicted octanol–water partition coefficient (Wildman–Crippen LogP) is 1.62. The number of ether oxygens (including phenoxy) is 2. The van der Waals surface area contributed by atoms with E-state index in [-0.39, 0.29) is 31.6 Å². The highest BCUT2D eigenvalue weighted by molar-refractivity contribution is 6.32. The largest absolute Gasteiger partial charge is 0.491 e. The van der Waals surface area contributed by atoms with E-state index in [1.807, 2.05) is 12.1 Å². The zero-order valence-corrected chi connectivity index (χ0v) is 12.2. The first-order valence-corrected chi connectivity index (χ1v) is 6.81. The van der Waals surface area contributed by atoms with Gasteiger partial charge in [-0.15, -0.1) is 0 Å². The Morgan fingerprint density at radius 2 is 2.20 bits per heavy atom. The molecule has 1 amide bonds. The number of halogens is 1. The van der Waals surface area contributed by atoms with Crippen LogP contribution in [0.25, 0.3) is 0 Å². The number of carbonyl (C=O) groups is 1. The average Bonchev–Trinajstić information content (AvgIpc) is 2.41. The lowest BCUT2D eigenvalue weighted by molar-refractivity contribution is -0.122. The Balaban J connectivity index is 2.30. The highest BCUT2D eigenvalue weighted by atomic mass is 35.5. The summed E-state index contributed by atoms with van der Waals surface area (Å²) >= 11 is 5.94. The standard InChI is InChI=1S/C14H20ClNO4/c1-19-10-11(6-8-17)16-14(18)7-9-20-13-5-3-2-4-12(13)15/h2-5,11,17H,6-10H2,1H3,(H,16,18).